The van der Waals surface area contributed by atoms with Gasteiger partial charge in [0.05, 0.1) is 11.6 Å². The summed E-state index contributed by atoms with van der Waals surface area (Å²) in [5.41, 5.74) is 1.49. The predicted molar refractivity (Wildman–Crippen MR) is 78.2 cm³/mol. The number of hydrogen-bond donors (Lipinski definition) is 0. The van der Waals surface area contributed by atoms with Gasteiger partial charge in [-0.25, -0.2) is 0 Å². The number of nitriles is 1. The summed E-state index contributed by atoms with van der Waals surface area (Å²) in [5, 5.41) is 8.74. The molecule has 1 aliphatic heterocycles. The number of rotatable bonds is 5. The minimum atomic E-state index is -0.201. The summed E-state index contributed by atoms with van der Waals surface area (Å²) in [5.74, 6) is -0.531. The van der Waals surface area contributed by atoms with Crippen molar-refractivity contribution in [1.29, 1.82) is 5.26 Å². The van der Waals surface area contributed by atoms with Gasteiger partial charge in [-0.15, -0.1) is 0 Å². The first-order valence-electron chi connectivity index (χ1n) is 7.07. The Labute approximate surface area is 128 Å². The second-order valence-electron chi connectivity index (χ2n) is 5.25. The number of nitrogens with zero attached hydrogens (tertiary/aromatic N) is 3. The lowest BCUT2D eigenvalue weighted by Crippen LogP contribution is -2.34. The third-order valence-electron chi connectivity index (χ3n) is 3.63. The van der Waals surface area contributed by atoms with Crippen LogP contribution < -0.4 is 0 Å². The maximum absolute atomic E-state index is 12.1. The van der Waals surface area contributed by atoms with Crippen LogP contribution in [0.2, 0.25) is 0 Å². The number of amides is 3. The van der Waals surface area contributed by atoms with Crippen LogP contribution in [0.1, 0.15) is 30.4 Å². The van der Waals surface area contributed by atoms with Crippen LogP contribution in [-0.2, 0) is 20.9 Å². The Bertz CT molecular complexity index is 615. The molecule has 1 aliphatic rings. The van der Waals surface area contributed by atoms with Crippen LogP contribution in [-0.4, -0.2) is 41.1 Å². The minimum absolute atomic E-state index is 0.128. The molecule has 0 unspecified atom stereocenters. The maximum Gasteiger partial charge on any atom is 0.229 e. The molecule has 0 aliphatic carbocycles. The van der Waals surface area contributed by atoms with Gasteiger partial charge >= 0.3 is 0 Å². The molecule has 6 nitrogen and oxygen atoms in total. The van der Waals surface area contributed by atoms with Gasteiger partial charge in [0.25, 0.3) is 0 Å². The van der Waals surface area contributed by atoms with Crippen LogP contribution in [0.15, 0.2) is 24.3 Å². The van der Waals surface area contributed by atoms with Crippen LogP contribution >= 0.6 is 0 Å². The highest BCUT2D eigenvalue weighted by Gasteiger charge is 2.29. The molecule has 0 radical (unpaired) electrons. The molecule has 1 saturated heterocycles. The van der Waals surface area contributed by atoms with E-state index in [2.05, 4.69) is 0 Å². The zero-order valence-corrected chi connectivity index (χ0v) is 12.4. The molecule has 0 N–H and O–H groups in total. The van der Waals surface area contributed by atoms with Crippen LogP contribution in [0.3, 0.4) is 0 Å². The van der Waals surface area contributed by atoms with Crippen LogP contribution in [0.4, 0.5) is 0 Å². The zero-order valence-electron chi connectivity index (χ0n) is 12.4. The van der Waals surface area contributed by atoms with Crippen molar-refractivity contribution in [3.8, 4) is 6.07 Å². The molecule has 0 spiro atoms. The molecule has 3 amide bonds. The van der Waals surface area contributed by atoms with E-state index in [-0.39, 0.29) is 43.5 Å². The molecule has 2 rings (SSSR count). The first kappa shape index (κ1) is 15.7. The van der Waals surface area contributed by atoms with Gasteiger partial charge in [0.15, 0.2) is 0 Å². The average Bonchev–Trinajstić information content (AvgIpc) is 2.84. The van der Waals surface area contributed by atoms with Crippen molar-refractivity contribution in [3.63, 3.8) is 0 Å². The van der Waals surface area contributed by atoms with E-state index in [4.69, 9.17) is 5.26 Å². The topological polar surface area (TPSA) is 81.5 Å². The van der Waals surface area contributed by atoms with Crippen molar-refractivity contribution in [2.75, 3.05) is 13.6 Å². The van der Waals surface area contributed by atoms with Gasteiger partial charge in [0, 0.05) is 39.4 Å². The summed E-state index contributed by atoms with van der Waals surface area (Å²) in [6, 6.07) is 9.05. The zero-order chi connectivity index (χ0) is 16.1. The van der Waals surface area contributed by atoms with Crippen molar-refractivity contribution in [2.24, 2.45) is 0 Å². The molecule has 1 aromatic rings. The Balaban J connectivity index is 1.85. The van der Waals surface area contributed by atoms with E-state index in [0.29, 0.717) is 12.1 Å². The van der Waals surface area contributed by atoms with Crippen LogP contribution in [0.5, 0.6) is 0 Å². The van der Waals surface area contributed by atoms with E-state index < -0.39 is 0 Å². The molecule has 1 aromatic carbocycles. The maximum atomic E-state index is 12.1. The first-order chi connectivity index (χ1) is 10.5. The number of likely N-dealkylation sites (tertiary alicyclic amines) is 1. The summed E-state index contributed by atoms with van der Waals surface area (Å²) >= 11 is 0. The molecule has 1 heterocycles. The molecule has 0 atom stereocenters. The third-order valence-corrected chi connectivity index (χ3v) is 3.63. The van der Waals surface area contributed by atoms with Crippen molar-refractivity contribution in [1.82, 2.24) is 9.80 Å². The van der Waals surface area contributed by atoms with E-state index in [1.807, 2.05) is 6.07 Å². The fourth-order valence-corrected chi connectivity index (χ4v) is 2.32. The van der Waals surface area contributed by atoms with E-state index in [1.165, 1.54) is 0 Å². The monoisotopic (exact) mass is 299 g/mol. The molecule has 0 saturated carbocycles. The molecule has 0 aromatic heterocycles. The van der Waals surface area contributed by atoms with E-state index in [9.17, 15) is 14.4 Å². The van der Waals surface area contributed by atoms with Crippen LogP contribution in [0, 0.1) is 11.3 Å². The molecule has 6 heteroatoms. The quantitative estimate of drug-likeness (QED) is 0.761. The Morgan fingerprint density at radius 2 is 1.82 bits per heavy atom. The molecule has 1 fully saturated rings. The van der Waals surface area contributed by atoms with Crippen molar-refractivity contribution in [3.05, 3.63) is 35.4 Å². The second kappa shape index (κ2) is 6.85. The van der Waals surface area contributed by atoms with E-state index >= 15 is 0 Å². The molecule has 0 bridgehead atoms. The van der Waals surface area contributed by atoms with Crippen molar-refractivity contribution in [2.45, 2.75) is 25.8 Å². The Kier molecular flexibility index (Phi) is 4.89. The highest BCUT2D eigenvalue weighted by atomic mass is 16.2. The summed E-state index contributed by atoms with van der Waals surface area (Å²) < 4.78 is 0. The summed E-state index contributed by atoms with van der Waals surface area (Å²) in [6.07, 6.45) is 0.618. The Morgan fingerprint density at radius 3 is 2.36 bits per heavy atom. The minimum Gasteiger partial charge on any atom is -0.341 e. The average molecular weight is 299 g/mol. The highest BCUT2D eigenvalue weighted by Crippen LogP contribution is 2.13. The predicted octanol–water partition coefficient (Wildman–Crippen LogP) is 1.06. The van der Waals surface area contributed by atoms with Gasteiger partial charge < -0.3 is 4.90 Å². The smallest absolute Gasteiger partial charge is 0.229 e. The summed E-state index contributed by atoms with van der Waals surface area (Å²) in [6.45, 7) is 0.570. The van der Waals surface area contributed by atoms with E-state index in [1.54, 1.807) is 36.2 Å². The first-order valence-corrected chi connectivity index (χ1v) is 7.07. The fraction of sp³-hybridized carbons (Fsp3) is 0.375. The van der Waals surface area contributed by atoms with Gasteiger partial charge in [-0.2, -0.15) is 5.26 Å². The lowest BCUT2D eigenvalue weighted by Gasteiger charge is -2.19. The number of imide groups is 1. The lowest BCUT2D eigenvalue weighted by atomic mass is 10.1. The largest absolute Gasteiger partial charge is 0.341 e. The molecular weight excluding hydrogens is 282 g/mol. The van der Waals surface area contributed by atoms with Gasteiger partial charge in [-0.3, -0.25) is 19.3 Å². The standard InChI is InChI=1S/C16H17N3O3/c1-18(11-13-4-2-12(10-17)3-5-13)14(20)8-9-19-15(21)6-7-16(19)22/h2-5H,6-9,11H2,1H3. The number of hydrogen-bond acceptors (Lipinski definition) is 4. The van der Waals surface area contributed by atoms with E-state index in [0.717, 1.165) is 10.5 Å². The molecule has 22 heavy (non-hydrogen) atoms. The normalized spacial score (nSPS) is 14.1. The Morgan fingerprint density at radius 1 is 1.23 bits per heavy atom. The third kappa shape index (κ3) is 3.70. The second-order valence-corrected chi connectivity index (χ2v) is 5.25. The Hall–Kier alpha value is -2.68. The number of benzene rings is 1. The SMILES string of the molecule is CN(Cc1ccc(C#N)cc1)C(=O)CCN1C(=O)CCC1=O. The fourth-order valence-electron chi connectivity index (χ4n) is 2.32. The highest BCUT2D eigenvalue weighted by molar-refractivity contribution is 6.02. The van der Waals surface area contributed by atoms with Gasteiger partial charge in [-0.1, -0.05) is 12.1 Å². The summed E-state index contributed by atoms with van der Waals surface area (Å²) in [7, 11) is 1.67. The van der Waals surface area contributed by atoms with Gasteiger partial charge in [0.2, 0.25) is 17.7 Å². The molecule has 114 valence electrons. The van der Waals surface area contributed by atoms with Crippen molar-refractivity contribution >= 4 is 17.7 Å². The summed E-state index contributed by atoms with van der Waals surface area (Å²) in [4.78, 5) is 37.7. The van der Waals surface area contributed by atoms with Gasteiger partial charge in [-0.05, 0) is 17.7 Å². The van der Waals surface area contributed by atoms with Gasteiger partial charge in [0.1, 0.15) is 0 Å². The number of carbonyl (C=O) groups is 3. The number of carbonyl (C=O) groups excluding carboxylic acids is 3. The lowest BCUT2D eigenvalue weighted by molar-refractivity contribution is -0.139. The van der Waals surface area contributed by atoms with Crippen LogP contribution in [0.25, 0.3) is 0 Å². The molecular formula is C16H17N3O3. The van der Waals surface area contributed by atoms with Crippen molar-refractivity contribution < 1.29 is 14.4 Å².